The van der Waals surface area contributed by atoms with Gasteiger partial charge in [0, 0.05) is 21.8 Å². The number of hydrogen-bond acceptors (Lipinski definition) is 7. The van der Waals surface area contributed by atoms with Gasteiger partial charge in [-0.15, -0.1) is 21.5 Å². The number of carbonyl (C=O) groups is 1. The molecular weight excluding hydrogens is 497 g/mol. The molecule has 0 atom stereocenters. The fourth-order valence-electron chi connectivity index (χ4n) is 3.09. The monoisotopic (exact) mass is 511 g/mol. The molecule has 0 saturated carbocycles. The molecule has 11 heteroatoms. The lowest BCUT2D eigenvalue weighted by atomic mass is 10.3. The zero-order valence-corrected chi connectivity index (χ0v) is 19.7. The molecule has 0 aliphatic carbocycles. The summed E-state index contributed by atoms with van der Waals surface area (Å²) in [6.45, 7) is 0. The van der Waals surface area contributed by atoms with Gasteiger partial charge in [-0.3, -0.25) is 9.36 Å². The first kappa shape index (κ1) is 22.3. The standard InChI is InChI=1S/C23H15ClFN5O2S2/c24-14-3-9-17(10-4-14)30-21(19-2-1-11-32-19)28-29-23(30)34-13-20-27-18(12-33-20)22(31)26-16-7-5-15(25)6-8-16/h1-12H,13H2,(H,26,31). The van der Waals surface area contributed by atoms with Crippen LogP contribution in [0.5, 0.6) is 0 Å². The highest BCUT2D eigenvalue weighted by Gasteiger charge is 2.19. The minimum atomic E-state index is -0.368. The lowest BCUT2D eigenvalue weighted by Gasteiger charge is -2.09. The maximum absolute atomic E-state index is 13.1. The van der Waals surface area contributed by atoms with Crippen molar-refractivity contribution in [3.05, 3.63) is 93.8 Å². The van der Waals surface area contributed by atoms with E-state index in [9.17, 15) is 9.18 Å². The van der Waals surface area contributed by atoms with Crippen LogP contribution in [0.25, 0.3) is 17.3 Å². The van der Waals surface area contributed by atoms with E-state index in [0.29, 0.717) is 38.9 Å². The van der Waals surface area contributed by atoms with Crippen LogP contribution in [0.1, 0.15) is 15.5 Å². The second-order valence-corrected chi connectivity index (χ2v) is 9.29. The van der Waals surface area contributed by atoms with Gasteiger partial charge in [-0.1, -0.05) is 23.4 Å². The number of carbonyl (C=O) groups excluding carboxylic acids is 1. The molecule has 5 rings (SSSR count). The smallest absolute Gasteiger partial charge is 0.275 e. The first-order valence-electron chi connectivity index (χ1n) is 9.96. The molecule has 0 fully saturated rings. The summed E-state index contributed by atoms with van der Waals surface area (Å²) in [6, 6.07) is 16.5. The number of amides is 1. The van der Waals surface area contributed by atoms with Crippen LogP contribution in [-0.2, 0) is 5.75 Å². The number of anilines is 1. The van der Waals surface area contributed by atoms with Crippen LogP contribution in [0.3, 0.4) is 0 Å². The molecule has 0 spiro atoms. The molecule has 170 valence electrons. The largest absolute Gasteiger partial charge is 0.461 e. The normalized spacial score (nSPS) is 11.0. The van der Waals surface area contributed by atoms with Crippen LogP contribution >= 0.6 is 34.7 Å². The second-order valence-electron chi connectivity index (χ2n) is 6.97. The molecule has 1 amide bonds. The molecule has 1 N–H and O–H groups in total. The quantitative estimate of drug-likeness (QED) is 0.257. The van der Waals surface area contributed by atoms with Crippen molar-refractivity contribution in [3.8, 4) is 17.3 Å². The molecule has 0 bridgehead atoms. The van der Waals surface area contributed by atoms with E-state index in [-0.39, 0.29) is 11.7 Å². The van der Waals surface area contributed by atoms with E-state index in [1.165, 1.54) is 47.4 Å². The van der Waals surface area contributed by atoms with Crippen LogP contribution in [0.4, 0.5) is 10.1 Å². The minimum Gasteiger partial charge on any atom is -0.461 e. The lowest BCUT2D eigenvalue weighted by molar-refractivity contribution is 0.102. The number of rotatable bonds is 7. The Balaban J connectivity index is 1.34. The second kappa shape index (κ2) is 9.80. The van der Waals surface area contributed by atoms with Crippen molar-refractivity contribution in [2.24, 2.45) is 0 Å². The number of furan rings is 1. The van der Waals surface area contributed by atoms with Gasteiger partial charge in [0.2, 0.25) is 5.82 Å². The summed E-state index contributed by atoms with van der Waals surface area (Å²) >= 11 is 8.87. The Bertz CT molecular complexity index is 1420. The minimum absolute atomic E-state index is 0.292. The Kier molecular flexibility index (Phi) is 6.43. The molecule has 0 aliphatic heterocycles. The Morgan fingerprint density at radius 2 is 1.91 bits per heavy atom. The van der Waals surface area contributed by atoms with Crippen molar-refractivity contribution in [1.29, 1.82) is 0 Å². The Labute approximate surface area is 206 Å². The summed E-state index contributed by atoms with van der Waals surface area (Å²) in [5, 5.41) is 15.1. The molecular formula is C23H15ClFN5O2S2. The van der Waals surface area contributed by atoms with Gasteiger partial charge in [0.1, 0.15) is 16.5 Å². The average Bonchev–Trinajstić information content (AvgIpc) is 3.60. The number of benzene rings is 2. The summed E-state index contributed by atoms with van der Waals surface area (Å²) in [5.41, 5.74) is 1.62. The highest BCUT2D eigenvalue weighted by atomic mass is 35.5. The number of nitrogens with zero attached hydrogens (tertiary/aromatic N) is 4. The summed E-state index contributed by atoms with van der Waals surface area (Å²) in [6.07, 6.45) is 1.58. The van der Waals surface area contributed by atoms with E-state index in [2.05, 4.69) is 20.5 Å². The number of aromatic nitrogens is 4. The highest BCUT2D eigenvalue weighted by molar-refractivity contribution is 7.98. The molecule has 7 nitrogen and oxygen atoms in total. The van der Waals surface area contributed by atoms with E-state index in [4.69, 9.17) is 16.0 Å². The van der Waals surface area contributed by atoms with E-state index in [1.807, 2.05) is 22.8 Å². The van der Waals surface area contributed by atoms with E-state index < -0.39 is 0 Å². The van der Waals surface area contributed by atoms with Crippen molar-refractivity contribution < 1.29 is 13.6 Å². The third kappa shape index (κ3) is 4.89. The summed E-state index contributed by atoms with van der Waals surface area (Å²) in [7, 11) is 0. The van der Waals surface area contributed by atoms with E-state index in [0.717, 1.165) is 10.7 Å². The van der Waals surface area contributed by atoms with Crippen LogP contribution in [0.2, 0.25) is 5.02 Å². The number of thiazole rings is 1. The molecule has 5 aromatic rings. The first-order chi connectivity index (χ1) is 16.6. The average molecular weight is 512 g/mol. The fraction of sp³-hybridized carbons (Fsp3) is 0.0435. The zero-order chi connectivity index (χ0) is 23.5. The van der Waals surface area contributed by atoms with Gasteiger partial charge in [-0.05, 0) is 60.7 Å². The van der Waals surface area contributed by atoms with E-state index >= 15 is 0 Å². The maximum atomic E-state index is 13.1. The predicted octanol–water partition coefficient (Wildman–Crippen LogP) is 6.32. The fourth-order valence-corrected chi connectivity index (χ4v) is 4.96. The Morgan fingerprint density at radius 1 is 1.12 bits per heavy atom. The van der Waals surface area contributed by atoms with Crippen molar-refractivity contribution in [1.82, 2.24) is 19.7 Å². The summed E-state index contributed by atoms with van der Waals surface area (Å²) < 4.78 is 20.5. The van der Waals surface area contributed by atoms with Gasteiger partial charge in [-0.2, -0.15) is 0 Å². The van der Waals surface area contributed by atoms with Gasteiger partial charge < -0.3 is 9.73 Å². The zero-order valence-electron chi connectivity index (χ0n) is 17.3. The topological polar surface area (TPSA) is 85.8 Å². The van der Waals surface area contributed by atoms with Crippen LogP contribution < -0.4 is 5.32 Å². The van der Waals surface area contributed by atoms with Gasteiger partial charge in [-0.25, -0.2) is 9.37 Å². The van der Waals surface area contributed by atoms with Gasteiger partial charge in [0.25, 0.3) is 5.91 Å². The van der Waals surface area contributed by atoms with Crippen LogP contribution in [-0.4, -0.2) is 25.7 Å². The third-order valence-electron chi connectivity index (χ3n) is 4.67. The molecule has 0 unspecified atom stereocenters. The van der Waals surface area contributed by atoms with Crippen molar-refractivity contribution >= 4 is 46.3 Å². The van der Waals surface area contributed by atoms with Crippen LogP contribution in [0, 0.1) is 5.82 Å². The number of halogens is 2. The SMILES string of the molecule is O=C(Nc1ccc(F)cc1)c1csc(CSc2nnc(-c3ccco3)n2-c2ccc(Cl)cc2)n1. The van der Waals surface area contributed by atoms with Gasteiger partial charge in [0.15, 0.2) is 10.9 Å². The lowest BCUT2D eigenvalue weighted by Crippen LogP contribution is -2.12. The van der Waals surface area contributed by atoms with Crippen molar-refractivity contribution in [3.63, 3.8) is 0 Å². The van der Waals surface area contributed by atoms with Gasteiger partial charge >= 0.3 is 0 Å². The molecule has 3 heterocycles. The van der Waals surface area contributed by atoms with Gasteiger partial charge in [0.05, 0.1) is 12.0 Å². The molecule has 0 radical (unpaired) electrons. The Hall–Kier alpha value is -3.47. The van der Waals surface area contributed by atoms with Crippen molar-refractivity contribution in [2.45, 2.75) is 10.9 Å². The highest BCUT2D eigenvalue weighted by Crippen LogP contribution is 2.31. The third-order valence-corrected chi connectivity index (χ3v) is 6.89. The Morgan fingerprint density at radius 3 is 2.65 bits per heavy atom. The predicted molar refractivity (Wildman–Crippen MR) is 130 cm³/mol. The van der Waals surface area contributed by atoms with Crippen LogP contribution in [0.15, 0.2) is 81.9 Å². The number of hydrogen-bond donors (Lipinski definition) is 1. The summed E-state index contributed by atoms with van der Waals surface area (Å²) in [5.74, 6) is 0.908. The maximum Gasteiger partial charge on any atom is 0.275 e. The number of thioether (sulfide) groups is 1. The molecule has 0 aliphatic rings. The molecule has 3 aromatic heterocycles. The molecule has 0 saturated heterocycles. The molecule has 2 aromatic carbocycles. The van der Waals surface area contributed by atoms with Crippen molar-refractivity contribution in [2.75, 3.05) is 5.32 Å². The first-order valence-corrected chi connectivity index (χ1v) is 12.2. The number of nitrogens with one attached hydrogen (secondary N) is 1. The van der Waals surface area contributed by atoms with E-state index in [1.54, 1.807) is 29.8 Å². The summed E-state index contributed by atoms with van der Waals surface area (Å²) in [4.78, 5) is 16.9. The molecule has 34 heavy (non-hydrogen) atoms.